The molecule has 1 saturated heterocycles. The van der Waals surface area contributed by atoms with Crippen molar-refractivity contribution in [1.82, 2.24) is 25.4 Å². The number of nitrogens with zero attached hydrogens (tertiary/aromatic N) is 3. The van der Waals surface area contributed by atoms with Gasteiger partial charge in [-0.2, -0.15) is 0 Å². The maximum atomic E-state index is 14.5. The number of aromatic nitrogens is 1. The first-order chi connectivity index (χ1) is 26.1. The number of hydrogen-bond acceptors (Lipinski definition) is 11. The molecule has 0 bridgehead atoms. The van der Waals surface area contributed by atoms with Crippen molar-refractivity contribution in [3.8, 4) is 5.75 Å². The van der Waals surface area contributed by atoms with Gasteiger partial charge in [0.05, 0.1) is 12.0 Å². The number of phenols is 1. The number of nitrogens with one attached hydrogen (secondary N) is 2. The summed E-state index contributed by atoms with van der Waals surface area (Å²) in [6.45, 7) is 11.4. The number of benzene rings is 1. The first-order valence-corrected chi connectivity index (χ1v) is 20.2. The topological polar surface area (TPSA) is 188 Å². The fourth-order valence-electron chi connectivity index (χ4n) is 6.97. The number of carboxylic acid groups (broad SMARTS) is 1. The van der Waals surface area contributed by atoms with E-state index in [9.17, 15) is 34.2 Å². The van der Waals surface area contributed by atoms with E-state index in [0.717, 1.165) is 49.1 Å². The molecule has 1 aliphatic heterocycles. The van der Waals surface area contributed by atoms with Crippen molar-refractivity contribution in [1.29, 1.82) is 0 Å². The first kappa shape index (κ1) is 45.3. The highest BCUT2D eigenvalue weighted by Gasteiger charge is 2.39. The molecule has 4 N–H and O–H groups in total. The third-order valence-corrected chi connectivity index (χ3v) is 11.4. The number of methoxy groups -OCH3 is 1. The number of carbonyl (C=O) groups excluding carboxylic acids is 4. The Bertz CT molecular complexity index is 1570. The van der Waals surface area contributed by atoms with Crippen molar-refractivity contribution in [2.45, 2.75) is 123 Å². The van der Waals surface area contributed by atoms with Crippen LogP contribution in [0.3, 0.4) is 0 Å². The van der Waals surface area contributed by atoms with E-state index in [-0.39, 0.29) is 60.7 Å². The Hall–Kier alpha value is -4.08. The van der Waals surface area contributed by atoms with E-state index in [1.54, 1.807) is 29.3 Å². The number of aliphatic carboxylic acids is 1. The number of likely N-dealkylation sites (N-methyl/N-ethyl adjacent to an activating group) is 1. The van der Waals surface area contributed by atoms with Crippen molar-refractivity contribution in [3.63, 3.8) is 0 Å². The molecule has 14 nitrogen and oxygen atoms in total. The summed E-state index contributed by atoms with van der Waals surface area (Å²) >= 11 is 1.14. The van der Waals surface area contributed by atoms with Crippen LogP contribution in [0.25, 0.3) is 0 Å². The second-order valence-corrected chi connectivity index (χ2v) is 16.1. The van der Waals surface area contributed by atoms with Gasteiger partial charge >= 0.3 is 11.9 Å². The SMILES string of the molecule is CCC(C)[C@H](NC(=O)[C@H]1CCCCCN1C)C(=O)N(COC)[C@H](C[C@@H](OC(C)=O)c1nc(C(=O)N[C@@H](Cc2ccc(O)cc2)C[C@H](C)C(=O)O)cs1)C(C)C. The molecular formula is C40H61N5O9S. The number of carbonyl (C=O) groups is 5. The van der Waals surface area contributed by atoms with Crippen LogP contribution >= 0.6 is 11.3 Å². The van der Waals surface area contributed by atoms with Gasteiger partial charge in [-0.15, -0.1) is 11.3 Å². The zero-order valence-electron chi connectivity index (χ0n) is 33.6. The van der Waals surface area contributed by atoms with Crippen molar-refractivity contribution in [3.05, 3.63) is 45.9 Å². The summed E-state index contributed by atoms with van der Waals surface area (Å²) in [5, 5.41) is 27.2. The lowest BCUT2D eigenvalue weighted by molar-refractivity contribution is -0.152. The van der Waals surface area contributed by atoms with Gasteiger partial charge < -0.3 is 35.2 Å². The van der Waals surface area contributed by atoms with Crippen LogP contribution in [-0.4, -0.2) is 106 Å². The molecular weight excluding hydrogens is 727 g/mol. The van der Waals surface area contributed by atoms with Crippen LogP contribution in [0.4, 0.5) is 0 Å². The van der Waals surface area contributed by atoms with Crippen LogP contribution in [0.1, 0.15) is 114 Å². The van der Waals surface area contributed by atoms with Crippen LogP contribution in [0, 0.1) is 17.8 Å². The van der Waals surface area contributed by atoms with Gasteiger partial charge in [0.15, 0.2) is 6.10 Å². The van der Waals surface area contributed by atoms with E-state index in [0.29, 0.717) is 17.8 Å². The molecule has 0 radical (unpaired) electrons. The number of rotatable bonds is 20. The molecule has 0 saturated carbocycles. The van der Waals surface area contributed by atoms with Gasteiger partial charge in [-0.3, -0.25) is 28.9 Å². The highest BCUT2D eigenvalue weighted by Crippen LogP contribution is 2.32. The molecule has 3 amide bonds. The van der Waals surface area contributed by atoms with E-state index in [1.807, 2.05) is 34.7 Å². The van der Waals surface area contributed by atoms with Crippen LogP contribution in [0.5, 0.6) is 5.75 Å². The summed E-state index contributed by atoms with van der Waals surface area (Å²) in [5.74, 6) is -3.50. The predicted octanol–water partition coefficient (Wildman–Crippen LogP) is 5.16. The molecule has 1 fully saturated rings. The fraction of sp³-hybridized carbons (Fsp3) is 0.650. The highest BCUT2D eigenvalue weighted by molar-refractivity contribution is 7.09. The summed E-state index contributed by atoms with van der Waals surface area (Å²) in [5.41, 5.74) is 0.876. The smallest absolute Gasteiger partial charge is 0.306 e. The van der Waals surface area contributed by atoms with Crippen molar-refractivity contribution >= 4 is 41.0 Å². The van der Waals surface area contributed by atoms with Gasteiger partial charge in [-0.25, -0.2) is 4.98 Å². The molecule has 0 aliphatic carbocycles. The van der Waals surface area contributed by atoms with Gasteiger partial charge in [0, 0.05) is 37.9 Å². The van der Waals surface area contributed by atoms with Crippen LogP contribution in [0.15, 0.2) is 29.6 Å². The first-order valence-electron chi connectivity index (χ1n) is 19.3. The monoisotopic (exact) mass is 787 g/mol. The van der Waals surface area contributed by atoms with Crippen LogP contribution in [0.2, 0.25) is 0 Å². The minimum absolute atomic E-state index is 0.0662. The summed E-state index contributed by atoms with van der Waals surface area (Å²) in [6, 6.07) is 4.26. The molecule has 2 heterocycles. The standard InChI is InChI=1S/C40H61N5O9S/c1-9-25(4)35(43-37(49)32-13-11-10-12-18-44(32)7)39(50)45(23-53-8)33(24(2)3)21-34(54-27(6)46)38-42-31(22-55-38)36(48)41-29(19-26(5)40(51)52)20-28-14-16-30(47)17-15-28/h14-17,22,24-26,29,32-35,47H,9-13,18-21,23H2,1-8H3,(H,41,48)(H,43,49)(H,51,52)/t25?,26-,29+,32+,33+,34+,35-/m0/s1. The molecule has 7 atom stereocenters. The lowest BCUT2D eigenvalue weighted by atomic mass is 9.92. The van der Waals surface area contributed by atoms with E-state index < -0.39 is 48.0 Å². The highest BCUT2D eigenvalue weighted by atomic mass is 32.1. The number of thiazole rings is 1. The summed E-state index contributed by atoms with van der Waals surface area (Å²) in [4.78, 5) is 74.2. The average molecular weight is 788 g/mol. The van der Waals surface area contributed by atoms with Gasteiger partial charge in [-0.1, -0.05) is 66.0 Å². The summed E-state index contributed by atoms with van der Waals surface area (Å²) < 4.78 is 11.4. The number of phenolic OH excluding ortho intramolecular Hbond substituents is 1. The zero-order chi connectivity index (χ0) is 40.8. The van der Waals surface area contributed by atoms with E-state index in [2.05, 4.69) is 20.5 Å². The van der Waals surface area contributed by atoms with Crippen LogP contribution < -0.4 is 10.6 Å². The number of ether oxygens (including phenoxy) is 2. The third kappa shape index (κ3) is 13.6. The van der Waals surface area contributed by atoms with Crippen molar-refractivity contribution < 1.29 is 43.7 Å². The molecule has 0 spiro atoms. The lowest BCUT2D eigenvalue weighted by Gasteiger charge is -2.39. The molecule has 1 aromatic heterocycles. The van der Waals surface area contributed by atoms with Crippen molar-refractivity contribution in [2.75, 3.05) is 27.4 Å². The average Bonchev–Trinajstić information content (AvgIpc) is 3.53. The van der Waals surface area contributed by atoms with Crippen molar-refractivity contribution in [2.24, 2.45) is 17.8 Å². The molecule has 3 rings (SSSR count). The van der Waals surface area contributed by atoms with Gasteiger partial charge in [0.2, 0.25) is 11.8 Å². The number of aromatic hydroxyl groups is 1. The summed E-state index contributed by atoms with van der Waals surface area (Å²) in [7, 11) is 3.44. The Balaban J connectivity index is 1.88. The lowest BCUT2D eigenvalue weighted by Crippen LogP contribution is -2.58. The third-order valence-electron chi connectivity index (χ3n) is 10.4. The molecule has 1 aliphatic rings. The molecule has 306 valence electrons. The fourth-order valence-corrected chi connectivity index (χ4v) is 7.81. The second-order valence-electron chi connectivity index (χ2n) is 15.2. The number of amides is 3. The van der Waals surface area contributed by atoms with E-state index >= 15 is 0 Å². The number of esters is 1. The zero-order valence-corrected chi connectivity index (χ0v) is 34.4. The normalized spacial score (nSPS) is 18.2. The Kier molecular flexibility index (Phi) is 18.0. The maximum absolute atomic E-state index is 14.5. The predicted molar refractivity (Wildman–Crippen MR) is 209 cm³/mol. The Morgan fingerprint density at radius 3 is 2.33 bits per heavy atom. The number of carboxylic acids is 1. The Morgan fingerprint density at radius 2 is 1.73 bits per heavy atom. The molecule has 15 heteroatoms. The number of likely N-dealkylation sites (tertiary alicyclic amines) is 1. The summed E-state index contributed by atoms with van der Waals surface area (Å²) in [6.07, 6.45) is 4.10. The molecule has 1 aromatic carbocycles. The minimum Gasteiger partial charge on any atom is -0.508 e. The largest absolute Gasteiger partial charge is 0.508 e. The van der Waals surface area contributed by atoms with E-state index in [4.69, 9.17) is 9.47 Å². The molecule has 55 heavy (non-hydrogen) atoms. The number of hydrogen-bond donors (Lipinski definition) is 4. The molecule has 2 aromatic rings. The Morgan fingerprint density at radius 1 is 1.04 bits per heavy atom. The minimum atomic E-state index is -0.990. The van der Waals surface area contributed by atoms with Gasteiger partial charge in [-0.05, 0) is 68.8 Å². The van der Waals surface area contributed by atoms with Gasteiger partial charge in [0.25, 0.3) is 5.91 Å². The second kappa shape index (κ2) is 21.9. The Labute approximate surface area is 329 Å². The van der Waals surface area contributed by atoms with E-state index in [1.165, 1.54) is 26.2 Å². The maximum Gasteiger partial charge on any atom is 0.306 e. The van der Waals surface area contributed by atoms with Crippen LogP contribution in [-0.2, 0) is 35.1 Å². The van der Waals surface area contributed by atoms with Gasteiger partial charge in [0.1, 0.15) is 29.2 Å². The quantitative estimate of drug-likeness (QED) is 0.103. The molecule has 1 unspecified atom stereocenters.